The molecule has 0 saturated carbocycles. The normalized spacial score (nSPS) is 10.4. The number of rotatable bonds is 4. The third-order valence-electron chi connectivity index (χ3n) is 3.10. The number of nitrogens with one attached hydrogen (secondary N) is 1. The summed E-state index contributed by atoms with van der Waals surface area (Å²) in [6, 6.07) is 13.9. The van der Waals surface area contributed by atoms with Crippen LogP contribution in [-0.2, 0) is 6.54 Å². The summed E-state index contributed by atoms with van der Waals surface area (Å²) in [5.74, 6) is 0.797. The lowest BCUT2D eigenvalue weighted by Gasteiger charge is -2.08. The maximum Gasteiger partial charge on any atom is 0.145 e. The van der Waals surface area contributed by atoms with Gasteiger partial charge >= 0.3 is 0 Å². The lowest BCUT2D eigenvalue weighted by Crippen LogP contribution is -2.02. The van der Waals surface area contributed by atoms with Gasteiger partial charge in [0.1, 0.15) is 11.3 Å². The first-order valence-corrected chi connectivity index (χ1v) is 6.43. The molecule has 1 aromatic carbocycles. The van der Waals surface area contributed by atoms with E-state index < -0.39 is 0 Å². The molecule has 0 amide bonds. The molecule has 1 N–H and O–H groups in total. The van der Waals surface area contributed by atoms with E-state index in [1.807, 2.05) is 36.4 Å². The highest BCUT2D eigenvalue weighted by Crippen LogP contribution is 2.23. The zero-order chi connectivity index (χ0) is 13.8. The summed E-state index contributed by atoms with van der Waals surface area (Å²) in [7, 11) is 1.66. The molecule has 2 aromatic heterocycles. The molecule has 2 heterocycles. The predicted molar refractivity (Wildman–Crippen MR) is 79.9 cm³/mol. The lowest BCUT2D eigenvalue weighted by atomic mass is 10.2. The number of ether oxygens (including phenoxy) is 1. The van der Waals surface area contributed by atoms with Gasteiger partial charge < -0.3 is 10.1 Å². The minimum Gasteiger partial charge on any atom is -0.494 e. The van der Waals surface area contributed by atoms with E-state index in [1.54, 1.807) is 19.5 Å². The second-order valence-corrected chi connectivity index (χ2v) is 4.43. The van der Waals surface area contributed by atoms with Crippen LogP contribution in [-0.4, -0.2) is 17.1 Å². The van der Waals surface area contributed by atoms with Crippen LogP contribution in [0.4, 0.5) is 5.69 Å². The first kappa shape index (κ1) is 12.4. The van der Waals surface area contributed by atoms with E-state index in [1.165, 1.54) is 0 Å². The van der Waals surface area contributed by atoms with Gasteiger partial charge in [-0.1, -0.05) is 18.2 Å². The second-order valence-electron chi connectivity index (χ2n) is 4.43. The van der Waals surface area contributed by atoms with E-state index in [4.69, 9.17) is 4.74 Å². The Bertz CT molecular complexity index is 713. The Balaban J connectivity index is 1.85. The van der Waals surface area contributed by atoms with Gasteiger partial charge in [0.25, 0.3) is 0 Å². The van der Waals surface area contributed by atoms with Crippen molar-refractivity contribution in [1.29, 1.82) is 0 Å². The van der Waals surface area contributed by atoms with Crippen LogP contribution in [0.15, 0.2) is 54.9 Å². The predicted octanol–water partition coefficient (Wildman–Crippen LogP) is 3.25. The number of anilines is 1. The minimum absolute atomic E-state index is 0.652. The van der Waals surface area contributed by atoms with Crippen molar-refractivity contribution in [3.63, 3.8) is 0 Å². The number of pyridine rings is 2. The molecule has 4 nitrogen and oxygen atoms in total. The van der Waals surface area contributed by atoms with Crippen LogP contribution in [0.1, 0.15) is 5.69 Å². The highest BCUT2D eigenvalue weighted by atomic mass is 16.5. The third-order valence-corrected chi connectivity index (χ3v) is 3.10. The molecule has 0 atom stereocenters. The Labute approximate surface area is 117 Å². The van der Waals surface area contributed by atoms with Gasteiger partial charge in [0.05, 0.1) is 25.0 Å². The molecule has 0 bridgehead atoms. The van der Waals surface area contributed by atoms with Crippen molar-refractivity contribution in [3.05, 3.63) is 60.6 Å². The van der Waals surface area contributed by atoms with E-state index in [0.717, 1.165) is 28.0 Å². The molecule has 0 fully saturated rings. The Morgan fingerprint density at radius 3 is 2.85 bits per heavy atom. The number of fused-ring (bicyclic) bond motifs is 1. The number of benzene rings is 1. The average molecular weight is 265 g/mol. The van der Waals surface area contributed by atoms with Crippen molar-refractivity contribution in [2.45, 2.75) is 6.54 Å². The van der Waals surface area contributed by atoms with Crippen molar-refractivity contribution in [2.24, 2.45) is 0 Å². The van der Waals surface area contributed by atoms with E-state index in [0.29, 0.717) is 6.54 Å². The van der Waals surface area contributed by atoms with Crippen LogP contribution in [0.25, 0.3) is 10.9 Å². The minimum atomic E-state index is 0.652. The fourth-order valence-electron chi connectivity index (χ4n) is 2.08. The van der Waals surface area contributed by atoms with Crippen LogP contribution >= 0.6 is 0 Å². The summed E-state index contributed by atoms with van der Waals surface area (Å²) < 4.78 is 5.35. The number of hydrogen-bond donors (Lipinski definition) is 1. The fraction of sp³-hybridized carbons (Fsp3) is 0.125. The maximum atomic E-state index is 5.35. The number of methoxy groups -OCH3 is 1. The summed E-state index contributed by atoms with van der Waals surface area (Å²) >= 11 is 0. The Morgan fingerprint density at radius 1 is 1.10 bits per heavy atom. The molecular weight excluding hydrogens is 250 g/mol. The van der Waals surface area contributed by atoms with Gasteiger partial charge in [-0.05, 0) is 24.3 Å². The van der Waals surface area contributed by atoms with Crippen molar-refractivity contribution >= 4 is 16.6 Å². The number of nitrogens with zero attached hydrogens (tertiary/aromatic N) is 2. The molecule has 3 rings (SSSR count). The van der Waals surface area contributed by atoms with E-state index in [2.05, 4.69) is 21.4 Å². The number of para-hydroxylation sites is 1. The van der Waals surface area contributed by atoms with E-state index in [-0.39, 0.29) is 0 Å². The summed E-state index contributed by atoms with van der Waals surface area (Å²) in [4.78, 5) is 8.72. The molecule has 0 aliphatic heterocycles. The fourth-order valence-corrected chi connectivity index (χ4v) is 2.08. The summed E-state index contributed by atoms with van der Waals surface area (Å²) in [5, 5.41) is 4.38. The van der Waals surface area contributed by atoms with E-state index in [9.17, 15) is 0 Å². The van der Waals surface area contributed by atoms with Crippen molar-refractivity contribution in [2.75, 3.05) is 12.4 Å². The quantitative estimate of drug-likeness (QED) is 0.786. The first-order chi connectivity index (χ1) is 9.86. The van der Waals surface area contributed by atoms with Crippen LogP contribution < -0.4 is 10.1 Å². The third kappa shape index (κ3) is 2.54. The summed E-state index contributed by atoms with van der Waals surface area (Å²) in [5.41, 5.74) is 2.83. The molecule has 20 heavy (non-hydrogen) atoms. The smallest absolute Gasteiger partial charge is 0.145 e. The molecule has 0 spiro atoms. The van der Waals surface area contributed by atoms with Gasteiger partial charge in [0.2, 0.25) is 0 Å². The van der Waals surface area contributed by atoms with Crippen molar-refractivity contribution in [3.8, 4) is 5.75 Å². The molecule has 0 aliphatic rings. The molecule has 4 heteroatoms. The first-order valence-electron chi connectivity index (χ1n) is 6.43. The lowest BCUT2D eigenvalue weighted by molar-refractivity contribution is 0.419. The number of aromatic nitrogens is 2. The SMILES string of the molecule is COc1cccc2ccc(CNc3cccnc3)nc12. The molecule has 0 unspecified atom stereocenters. The Hall–Kier alpha value is -2.62. The van der Waals surface area contributed by atoms with Gasteiger partial charge in [-0.2, -0.15) is 0 Å². The Kier molecular flexibility index (Phi) is 3.46. The molecule has 0 saturated heterocycles. The molecule has 3 aromatic rings. The van der Waals surface area contributed by atoms with Crippen LogP contribution in [0.5, 0.6) is 5.75 Å². The molecule has 100 valence electrons. The zero-order valence-electron chi connectivity index (χ0n) is 11.2. The highest BCUT2D eigenvalue weighted by molar-refractivity contribution is 5.84. The summed E-state index contributed by atoms with van der Waals surface area (Å²) in [6.07, 6.45) is 3.55. The monoisotopic (exact) mass is 265 g/mol. The molecular formula is C16H15N3O. The van der Waals surface area contributed by atoms with Gasteiger partial charge in [-0.15, -0.1) is 0 Å². The van der Waals surface area contributed by atoms with Crippen LogP contribution in [0.3, 0.4) is 0 Å². The standard InChI is InChI=1S/C16H15N3O/c1-20-15-6-2-4-12-7-8-14(19-16(12)15)11-18-13-5-3-9-17-10-13/h2-10,18H,11H2,1H3. The van der Waals surface area contributed by atoms with Crippen LogP contribution in [0.2, 0.25) is 0 Å². The zero-order valence-corrected chi connectivity index (χ0v) is 11.2. The summed E-state index contributed by atoms with van der Waals surface area (Å²) in [6.45, 7) is 0.652. The van der Waals surface area contributed by atoms with Crippen molar-refractivity contribution < 1.29 is 4.74 Å². The van der Waals surface area contributed by atoms with Crippen molar-refractivity contribution in [1.82, 2.24) is 9.97 Å². The van der Waals surface area contributed by atoms with Gasteiger partial charge in [0.15, 0.2) is 0 Å². The molecule has 0 aliphatic carbocycles. The average Bonchev–Trinajstić information content (AvgIpc) is 2.53. The van der Waals surface area contributed by atoms with E-state index >= 15 is 0 Å². The van der Waals surface area contributed by atoms with Gasteiger partial charge in [-0.25, -0.2) is 4.98 Å². The maximum absolute atomic E-state index is 5.35. The second kappa shape index (κ2) is 5.57. The molecule has 0 radical (unpaired) electrons. The number of hydrogen-bond acceptors (Lipinski definition) is 4. The van der Waals surface area contributed by atoms with Gasteiger partial charge in [-0.3, -0.25) is 4.98 Å². The largest absolute Gasteiger partial charge is 0.494 e. The van der Waals surface area contributed by atoms with Gasteiger partial charge in [0, 0.05) is 17.8 Å². The van der Waals surface area contributed by atoms with Crippen LogP contribution in [0, 0.1) is 0 Å². The Morgan fingerprint density at radius 2 is 2.05 bits per heavy atom. The highest BCUT2D eigenvalue weighted by Gasteiger charge is 2.04. The topological polar surface area (TPSA) is 47.0 Å².